The Bertz CT molecular complexity index is 953. The molecule has 1 unspecified atom stereocenters. The van der Waals surface area contributed by atoms with Gasteiger partial charge >= 0.3 is 0 Å². The van der Waals surface area contributed by atoms with Gasteiger partial charge in [-0.3, -0.25) is 4.79 Å². The molecule has 0 bridgehead atoms. The van der Waals surface area contributed by atoms with Crippen molar-refractivity contribution in [2.45, 2.75) is 10.9 Å². The molecular weight excluding hydrogens is 384 g/mol. The van der Waals surface area contributed by atoms with Crippen molar-refractivity contribution in [2.75, 3.05) is 34.2 Å². The molecule has 0 saturated carbocycles. The highest BCUT2D eigenvalue weighted by molar-refractivity contribution is 7.90. The van der Waals surface area contributed by atoms with E-state index in [1.165, 1.54) is 10.9 Å². The second-order valence-electron chi connectivity index (χ2n) is 6.54. The minimum Gasteiger partial charge on any atom is -0.353 e. The average molecular weight is 407 g/mol. The zero-order chi connectivity index (χ0) is 19.6. The Hall–Kier alpha value is -2.23. The number of hydrogen-bond acceptors (Lipinski definition) is 6. The molecule has 1 amide bonds. The van der Waals surface area contributed by atoms with Crippen molar-refractivity contribution in [3.05, 3.63) is 52.2 Å². The Balaban J connectivity index is 1.65. The van der Waals surface area contributed by atoms with Crippen molar-refractivity contribution in [1.82, 2.24) is 15.1 Å². The van der Waals surface area contributed by atoms with E-state index in [1.54, 1.807) is 41.5 Å². The van der Waals surface area contributed by atoms with Crippen LogP contribution < -0.4 is 5.32 Å². The first-order valence-corrected chi connectivity index (χ1v) is 10.7. The third-order valence-electron chi connectivity index (χ3n) is 4.34. The third kappa shape index (κ3) is 4.20. The van der Waals surface area contributed by atoms with Crippen LogP contribution in [0.5, 0.6) is 0 Å². The van der Waals surface area contributed by atoms with Crippen LogP contribution in [0.2, 0.25) is 0 Å². The molecule has 0 spiro atoms. The summed E-state index contributed by atoms with van der Waals surface area (Å²) < 4.78 is 28.1. The molecule has 1 atom stereocenters. The zero-order valence-electron chi connectivity index (χ0n) is 15.4. The van der Waals surface area contributed by atoms with Crippen molar-refractivity contribution in [3.63, 3.8) is 0 Å². The van der Waals surface area contributed by atoms with Crippen LogP contribution >= 0.6 is 11.3 Å². The molecular formula is C18H22N4O3S2. The summed E-state index contributed by atoms with van der Waals surface area (Å²) in [5.74, 6) is 0.105. The molecule has 7 nitrogen and oxygen atoms in total. The number of amides is 1. The first-order chi connectivity index (χ1) is 12.8. The first-order valence-electron chi connectivity index (χ1n) is 8.41. The van der Waals surface area contributed by atoms with Crippen molar-refractivity contribution in [2.24, 2.45) is 4.40 Å². The molecule has 0 aliphatic carbocycles. The van der Waals surface area contributed by atoms with Gasteiger partial charge in [0.1, 0.15) is 4.90 Å². The van der Waals surface area contributed by atoms with Gasteiger partial charge in [0.25, 0.3) is 10.0 Å². The van der Waals surface area contributed by atoms with Gasteiger partial charge in [-0.15, -0.1) is 15.7 Å². The lowest BCUT2D eigenvalue weighted by atomic mass is 10.2. The summed E-state index contributed by atoms with van der Waals surface area (Å²) >= 11 is 1.65. The van der Waals surface area contributed by atoms with Gasteiger partial charge in [-0.2, -0.15) is 8.42 Å². The summed E-state index contributed by atoms with van der Waals surface area (Å²) in [5.41, 5.74) is 0.526. The van der Waals surface area contributed by atoms with Crippen LogP contribution in [0, 0.1) is 0 Å². The molecule has 1 aliphatic rings. The van der Waals surface area contributed by atoms with E-state index in [4.69, 9.17) is 0 Å². The van der Waals surface area contributed by atoms with Gasteiger partial charge in [-0.1, -0.05) is 18.2 Å². The fourth-order valence-electron chi connectivity index (χ4n) is 2.94. The van der Waals surface area contributed by atoms with Gasteiger partial charge in [0.15, 0.2) is 5.84 Å². The maximum Gasteiger partial charge on any atom is 0.285 e. The van der Waals surface area contributed by atoms with Gasteiger partial charge in [0, 0.05) is 24.0 Å². The van der Waals surface area contributed by atoms with E-state index in [2.05, 4.69) is 14.6 Å². The molecule has 27 heavy (non-hydrogen) atoms. The quantitative estimate of drug-likeness (QED) is 0.787. The number of carbonyl (C=O) groups is 1. The Morgan fingerprint density at radius 1 is 1.19 bits per heavy atom. The lowest BCUT2D eigenvalue weighted by Crippen LogP contribution is -2.41. The third-order valence-corrected chi connectivity index (χ3v) is 6.64. The highest BCUT2D eigenvalue weighted by Crippen LogP contribution is 2.27. The standard InChI is InChI=1S/C18H22N4O3S2/c1-21(2)14(15-8-6-10-26-15)11-19-17(23)12-22(3)18-13-7-4-5-9-16(13)27(24,25)20-18/h4-10,14H,11-12H2,1-3H3,(H,19,23). The largest absolute Gasteiger partial charge is 0.353 e. The van der Waals surface area contributed by atoms with Crippen LogP contribution in [0.15, 0.2) is 51.1 Å². The average Bonchev–Trinajstić information content (AvgIpc) is 3.22. The lowest BCUT2D eigenvalue weighted by molar-refractivity contribution is -0.121. The maximum absolute atomic E-state index is 12.4. The summed E-state index contributed by atoms with van der Waals surface area (Å²) in [5, 5.41) is 4.94. The number of nitrogens with one attached hydrogen (secondary N) is 1. The topological polar surface area (TPSA) is 82.1 Å². The van der Waals surface area contributed by atoms with Gasteiger partial charge in [-0.05, 0) is 37.7 Å². The number of benzene rings is 1. The zero-order valence-corrected chi connectivity index (χ0v) is 17.0. The minimum absolute atomic E-state index is 0.0211. The monoisotopic (exact) mass is 406 g/mol. The Kier molecular flexibility index (Phi) is 5.64. The molecule has 144 valence electrons. The molecule has 0 saturated heterocycles. The number of fused-ring (bicyclic) bond motifs is 1. The lowest BCUT2D eigenvalue weighted by Gasteiger charge is -2.24. The van der Waals surface area contributed by atoms with Crippen LogP contribution in [0.25, 0.3) is 0 Å². The number of carbonyl (C=O) groups excluding carboxylic acids is 1. The molecule has 9 heteroatoms. The van der Waals surface area contributed by atoms with Gasteiger partial charge in [-0.25, -0.2) is 0 Å². The van der Waals surface area contributed by atoms with Crippen LogP contribution in [-0.2, 0) is 14.8 Å². The molecule has 2 aromatic rings. The van der Waals surface area contributed by atoms with Crippen molar-refractivity contribution in [1.29, 1.82) is 0 Å². The van der Waals surface area contributed by atoms with E-state index in [9.17, 15) is 13.2 Å². The molecule has 1 aromatic heterocycles. The molecule has 1 aliphatic heterocycles. The number of likely N-dealkylation sites (N-methyl/N-ethyl adjacent to an activating group) is 2. The Morgan fingerprint density at radius 3 is 2.59 bits per heavy atom. The number of rotatable bonds is 6. The summed E-state index contributed by atoms with van der Waals surface area (Å²) in [6.07, 6.45) is 0. The van der Waals surface area contributed by atoms with E-state index in [0.717, 1.165) is 0 Å². The van der Waals surface area contributed by atoms with E-state index < -0.39 is 10.0 Å². The Labute approximate surface area is 163 Å². The first kappa shape index (κ1) is 19.5. The molecule has 0 radical (unpaired) electrons. The van der Waals surface area contributed by atoms with Crippen molar-refractivity contribution >= 4 is 33.1 Å². The van der Waals surface area contributed by atoms with Crippen LogP contribution in [0.3, 0.4) is 0 Å². The van der Waals surface area contributed by atoms with E-state index in [0.29, 0.717) is 17.9 Å². The highest BCUT2D eigenvalue weighted by Gasteiger charge is 2.31. The molecule has 1 aromatic carbocycles. The number of sulfonamides is 1. The normalized spacial score (nSPS) is 15.9. The Morgan fingerprint density at radius 2 is 1.93 bits per heavy atom. The predicted molar refractivity (Wildman–Crippen MR) is 107 cm³/mol. The molecule has 0 fully saturated rings. The van der Waals surface area contributed by atoms with Gasteiger partial charge < -0.3 is 15.1 Å². The number of thiophene rings is 1. The summed E-state index contributed by atoms with van der Waals surface area (Å²) in [6, 6.07) is 10.8. The van der Waals surface area contributed by atoms with Crippen LogP contribution in [0.1, 0.15) is 16.5 Å². The number of amidine groups is 1. The molecule has 3 rings (SSSR count). The van der Waals surface area contributed by atoms with Gasteiger partial charge in [0.05, 0.1) is 12.6 Å². The summed E-state index contributed by atoms with van der Waals surface area (Å²) in [7, 11) is 1.91. The summed E-state index contributed by atoms with van der Waals surface area (Å²) in [4.78, 5) is 17.4. The predicted octanol–water partition coefficient (Wildman–Crippen LogP) is 1.55. The smallest absolute Gasteiger partial charge is 0.285 e. The second kappa shape index (κ2) is 7.79. The number of hydrogen-bond donors (Lipinski definition) is 1. The van der Waals surface area contributed by atoms with E-state index in [1.807, 2.05) is 31.6 Å². The maximum atomic E-state index is 12.4. The summed E-state index contributed by atoms with van der Waals surface area (Å²) in [6.45, 7) is 0.495. The van der Waals surface area contributed by atoms with Gasteiger partial charge in [0.2, 0.25) is 5.91 Å². The van der Waals surface area contributed by atoms with E-state index >= 15 is 0 Å². The fraction of sp³-hybridized carbons (Fsp3) is 0.333. The van der Waals surface area contributed by atoms with Crippen LogP contribution in [0.4, 0.5) is 0 Å². The van der Waals surface area contributed by atoms with Crippen LogP contribution in [-0.4, -0.2) is 64.2 Å². The van der Waals surface area contributed by atoms with Crippen molar-refractivity contribution < 1.29 is 13.2 Å². The SMILES string of the molecule is CN(CC(=O)NCC(c1cccs1)N(C)C)C1=NS(=O)(=O)c2ccccc21. The van der Waals surface area contributed by atoms with E-state index in [-0.39, 0.29) is 23.4 Å². The second-order valence-corrected chi connectivity index (χ2v) is 9.09. The molecule has 2 heterocycles. The number of nitrogens with zero attached hydrogens (tertiary/aromatic N) is 3. The fourth-order valence-corrected chi connectivity index (χ4v) is 5.11. The van der Waals surface area contributed by atoms with Crippen molar-refractivity contribution in [3.8, 4) is 0 Å². The minimum atomic E-state index is -3.69. The highest BCUT2D eigenvalue weighted by atomic mass is 32.2. The molecule has 1 N–H and O–H groups in total.